The molecule has 0 saturated carbocycles. The highest BCUT2D eigenvalue weighted by atomic mass is 79.9. The summed E-state index contributed by atoms with van der Waals surface area (Å²) >= 11 is 14.2. The van der Waals surface area contributed by atoms with Crippen molar-refractivity contribution in [2.75, 3.05) is 13.2 Å². The number of ether oxygens (including phenoxy) is 2. The predicted octanol–water partition coefficient (Wildman–Crippen LogP) is 4.19. The number of nitrogens with two attached hydrogens (primary N) is 1. The summed E-state index contributed by atoms with van der Waals surface area (Å²) in [6, 6.07) is 12.7. The van der Waals surface area contributed by atoms with Crippen LogP contribution in [-0.2, 0) is 0 Å². The van der Waals surface area contributed by atoms with Gasteiger partial charge in [-0.2, -0.15) is 0 Å². The molecule has 2 N–H and O–H groups in total. The number of hydrogen-bond donors (Lipinski definition) is 1. The van der Waals surface area contributed by atoms with Crippen LogP contribution in [0, 0.1) is 0 Å². The highest BCUT2D eigenvalue weighted by Crippen LogP contribution is 2.27. The molecule has 0 unspecified atom stereocenters. The second-order valence-electron chi connectivity index (χ2n) is 4.16. The van der Waals surface area contributed by atoms with E-state index in [0.29, 0.717) is 29.0 Å². The van der Waals surface area contributed by atoms with Crippen LogP contribution < -0.4 is 15.2 Å². The molecule has 2 aromatic rings. The standard InChI is InChI=1S/C15H13BrClNO2S/c16-13-9-11(17)4-5-14(13)20-7-6-19-12-3-1-2-10(8-12)15(18)21/h1-5,8-9H,6-7H2,(H2,18,21). The first kappa shape index (κ1) is 16.1. The van der Waals surface area contributed by atoms with Crippen LogP contribution in [0.3, 0.4) is 0 Å². The fraction of sp³-hybridized carbons (Fsp3) is 0.133. The van der Waals surface area contributed by atoms with Crippen molar-refractivity contribution in [3.05, 3.63) is 57.5 Å². The van der Waals surface area contributed by atoms with Gasteiger partial charge in [-0.3, -0.25) is 0 Å². The number of rotatable bonds is 6. The first-order chi connectivity index (χ1) is 10.1. The second kappa shape index (κ2) is 7.64. The summed E-state index contributed by atoms with van der Waals surface area (Å²) in [5.74, 6) is 1.43. The molecule has 0 aromatic heterocycles. The zero-order chi connectivity index (χ0) is 15.2. The van der Waals surface area contributed by atoms with Crippen LogP contribution in [0.2, 0.25) is 5.02 Å². The third-order valence-electron chi connectivity index (χ3n) is 2.62. The maximum atomic E-state index is 5.87. The van der Waals surface area contributed by atoms with Gasteiger partial charge in [0.2, 0.25) is 0 Å². The molecule has 0 saturated heterocycles. The van der Waals surface area contributed by atoms with E-state index in [-0.39, 0.29) is 0 Å². The summed E-state index contributed by atoms with van der Waals surface area (Å²) in [6.07, 6.45) is 0. The molecule has 0 atom stereocenters. The van der Waals surface area contributed by atoms with Gasteiger partial charge < -0.3 is 15.2 Å². The Hall–Kier alpha value is -1.30. The molecule has 110 valence electrons. The van der Waals surface area contributed by atoms with E-state index in [1.807, 2.05) is 18.2 Å². The van der Waals surface area contributed by atoms with E-state index in [9.17, 15) is 0 Å². The zero-order valence-electron chi connectivity index (χ0n) is 11.0. The van der Waals surface area contributed by atoms with Crippen LogP contribution in [0.1, 0.15) is 5.56 Å². The van der Waals surface area contributed by atoms with E-state index in [4.69, 9.17) is 39.0 Å². The lowest BCUT2D eigenvalue weighted by atomic mass is 10.2. The fourth-order valence-electron chi connectivity index (χ4n) is 1.64. The van der Waals surface area contributed by atoms with E-state index in [0.717, 1.165) is 15.8 Å². The van der Waals surface area contributed by atoms with Crippen LogP contribution in [0.15, 0.2) is 46.9 Å². The lowest BCUT2D eigenvalue weighted by Gasteiger charge is -2.10. The summed E-state index contributed by atoms with van der Waals surface area (Å²) in [7, 11) is 0. The van der Waals surface area contributed by atoms with Crippen molar-refractivity contribution in [3.8, 4) is 11.5 Å². The largest absolute Gasteiger partial charge is 0.490 e. The molecule has 0 spiro atoms. The third kappa shape index (κ3) is 4.88. The van der Waals surface area contributed by atoms with Gasteiger partial charge in [-0.1, -0.05) is 36.0 Å². The topological polar surface area (TPSA) is 44.5 Å². The van der Waals surface area contributed by atoms with Gasteiger partial charge in [0.1, 0.15) is 29.7 Å². The minimum Gasteiger partial charge on any atom is -0.490 e. The average molecular weight is 387 g/mol. The number of thiocarbonyl (C=S) groups is 1. The summed E-state index contributed by atoms with van der Waals surface area (Å²) in [4.78, 5) is 0.349. The molecule has 0 aliphatic carbocycles. The minimum atomic E-state index is 0.349. The van der Waals surface area contributed by atoms with Crippen molar-refractivity contribution < 1.29 is 9.47 Å². The van der Waals surface area contributed by atoms with E-state index in [2.05, 4.69) is 15.9 Å². The van der Waals surface area contributed by atoms with Crippen molar-refractivity contribution in [3.63, 3.8) is 0 Å². The van der Waals surface area contributed by atoms with Crippen molar-refractivity contribution >= 4 is 44.7 Å². The highest BCUT2D eigenvalue weighted by Gasteiger charge is 2.03. The van der Waals surface area contributed by atoms with Crippen molar-refractivity contribution in [2.45, 2.75) is 0 Å². The zero-order valence-corrected chi connectivity index (χ0v) is 14.2. The molecule has 3 nitrogen and oxygen atoms in total. The Bertz CT molecular complexity index is 651. The monoisotopic (exact) mass is 385 g/mol. The SMILES string of the molecule is NC(=S)c1cccc(OCCOc2ccc(Cl)cc2Br)c1. The van der Waals surface area contributed by atoms with Gasteiger partial charge in [-0.25, -0.2) is 0 Å². The molecule has 2 rings (SSSR count). The molecule has 6 heteroatoms. The predicted molar refractivity (Wildman–Crippen MR) is 92.5 cm³/mol. The van der Waals surface area contributed by atoms with Crippen LogP contribution in [-0.4, -0.2) is 18.2 Å². The molecule has 0 radical (unpaired) electrons. The van der Waals surface area contributed by atoms with Gasteiger partial charge in [0, 0.05) is 10.6 Å². The van der Waals surface area contributed by atoms with Crippen LogP contribution in [0.4, 0.5) is 0 Å². The van der Waals surface area contributed by atoms with Gasteiger partial charge in [-0.15, -0.1) is 0 Å². The Morgan fingerprint density at radius 1 is 1.14 bits per heavy atom. The van der Waals surface area contributed by atoms with E-state index >= 15 is 0 Å². The van der Waals surface area contributed by atoms with Gasteiger partial charge in [0.25, 0.3) is 0 Å². The van der Waals surface area contributed by atoms with Gasteiger partial charge >= 0.3 is 0 Å². The molecule has 0 aliphatic rings. The fourth-order valence-corrected chi connectivity index (χ4v) is 2.57. The van der Waals surface area contributed by atoms with E-state index < -0.39 is 0 Å². The molecule has 21 heavy (non-hydrogen) atoms. The summed E-state index contributed by atoms with van der Waals surface area (Å²) in [5.41, 5.74) is 6.36. The van der Waals surface area contributed by atoms with Crippen molar-refractivity contribution in [1.29, 1.82) is 0 Å². The van der Waals surface area contributed by atoms with Gasteiger partial charge in [0.15, 0.2) is 0 Å². The molecule has 0 aliphatic heterocycles. The maximum absolute atomic E-state index is 5.87. The molecule has 0 amide bonds. The van der Waals surface area contributed by atoms with Crippen molar-refractivity contribution in [1.82, 2.24) is 0 Å². The Balaban J connectivity index is 1.84. The highest BCUT2D eigenvalue weighted by molar-refractivity contribution is 9.10. The first-order valence-electron chi connectivity index (χ1n) is 6.17. The average Bonchev–Trinajstić information content (AvgIpc) is 2.45. The third-order valence-corrected chi connectivity index (χ3v) is 3.71. The molecule has 0 heterocycles. The Morgan fingerprint density at radius 2 is 1.90 bits per heavy atom. The Labute approximate surface area is 142 Å². The molecule has 0 bridgehead atoms. The van der Waals surface area contributed by atoms with Crippen LogP contribution >= 0.6 is 39.7 Å². The van der Waals surface area contributed by atoms with Gasteiger partial charge in [0.05, 0.1) is 4.47 Å². The summed E-state index contributed by atoms with van der Waals surface area (Å²) in [5, 5.41) is 0.653. The quantitative estimate of drug-likeness (QED) is 0.597. The maximum Gasteiger partial charge on any atom is 0.133 e. The van der Waals surface area contributed by atoms with E-state index in [1.165, 1.54) is 0 Å². The summed E-state index contributed by atoms with van der Waals surface area (Å²) < 4.78 is 12.0. The number of hydrogen-bond acceptors (Lipinski definition) is 3. The van der Waals surface area contributed by atoms with Gasteiger partial charge in [-0.05, 0) is 46.3 Å². The molecular weight excluding hydrogens is 374 g/mol. The Morgan fingerprint density at radius 3 is 2.62 bits per heavy atom. The summed E-state index contributed by atoms with van der Waals surface area (Å²) in [6.45, 7) is 0.827. The number of benzene rings is 2. The lowest BCUT2D eigenvalue weighted by molar-refractivity contribution is 0.216. The lowest BCUT2D eigenvalue weighted by Crippen LogP contribution is -2.11. The molecule has 2 aromatic carbocycles. The van der Waals surface area contributed by atoms with E-state index in [1.54, 1.807) is 24.3 Å². The Kier molecular flexibility index (Phi) is 5.85. The molecule has 0 fully saturated rings. The smallest absolute Gasteiger partial charge is 0.133 e. The minimum absolute atomic E-state index is 0.349. The number of halogens is 2. The second-order valence-corrected chi connectivity index (χ2v) is 5.89. The van der Waals surface area contributed by atoms with Crippen molar-refractivity contribution in [2.24, 2.45) is 5.73 Å². The van der Waals surface area contributed by atoms with Crippen LogP contribution in [0.5, 0.6) is 11.5 Å². The normalized spacial score (nSPS) is 10.2. The molecular formula is C15H13BrClNO2S. The van der Waals surface area contributed by atoms with Crippen LogP contribution in [0.25, 0.3) is 0 Å². The first-order valence-corrected chi connectivity index (χ1v) is 7.74.